The van der Waals surface area contributed by atoms with E-state index in [0.29, 0.717) is 5.57 Å². The second-order valence-corrected chi connectivity index (χ2v) is 6.23. The van der Waals surface area contributed by atoms with Gasteiger partial charge < -0.3 is 24.3 Å². The van der Waals surface area contributed by atoms with Crippen LogP contribution in [0.25, 0.3) is 5.70 Å². The van der Waals surface area contributed by atoms with E-state index in [2.05, 4.69) is 5.32 Å². The minimum Gasteiger partial charge on any atom is -0.497 e. The molecule has 1 heterocycles. The molecule has 0 spiro atoms. The molecule has 3 rings (SSSR count). The molecule has 0 saturated carbocycles. The van der Waals surface area contributed by atoms with Gasteiger partial charge in [0, 0.05) is 26.0 Å². The highest BCUT2D eigenvalue weighted by atomic mass is 16.7. The highest BCUT2D eigenvalue weighted by Gasteiger charge is 2.43. The Labute approximate surface area is 164 Å². The highest BCUT2D eigenvalue weighted by Crippen LogP contribution is 2.40. The number of ether oxygens (including phenoxy) is 4. The third-order valence-corrected chi connectivity index (χ3v) is 4.86. The van der Waals surface area contributed by atoms with Crippen molar-refractivity contribution < 1.29 is 23.7 Å². The number of hydrogen-bond donors (Lipinski definition) is 1. The molecule has 1 atom stereocenters. The fourth-order valence-corrected chi connectivity index (χ4v) is 3.27. The van der Waals surface area contributed by atoms with Crippen LogP contribution < -0.4 is 14.8 Å². The van der Waals surface area contributed by atoms with E-state index >= 15 is 0 Å². The first-order valence-corrected chi connectivity index (χ1v) is 8.74. The van der Waals surface area contributed by atoms with Crippen molar-refractivity contribution in [2.45, 2.75) is 11.8 Å². The van der Waals surface area contributed by atoms with E-state index in [1.807, 2.05) is 54.5 Å². The Bertz CT molecular complexity index is 892. The zero-order valence-electron chi connectivity index (χ0n) is 16.3. The average molecular weight is 381 g/mol. The van der Waals surface area contributed by atoms with Crippen molar-refractivity contribution in [3.63, 3.8) is 0 Å². The molecule has 1 aliphatic heterocycles. The maximum absolute atomic E-state index is 11.9. The zero-order chi connectivity index (χ0) is 20.1. The molecule has 6 heteroatoms. The molecule has 1 N–H and O–H groups in total. The summed E-state index contributed by atoms with van der Waals surface area (Å²) < 4.78 is 21.7. The molecule has 1 unspecified atom stereocenters. The van der Waals surface area contributed by atoms with Crippen molar-refractivity contribution in [2.24, 2.45) is 0 Å². The molecule has 28 heavy (non-hydrogen) atoms. The van der Waals surface area contributed by atoms with E-state index in [1.165, 1.54) is 14.2 Å². The van der Waals surface area contributed by atoms with Crippen LogP contribution in [0.3, 0.4) is 0 Å². The van der Waals surface area contributed by atoms with E-state index in [0.717, 1.165) is 28.3 Å². The van der Waals surface area contributed by atoms with Gasteiger partial charge in [-0.25, -0.2) is 4.79 Å². The summed E-state index contributed by atoms with van der Waals surface area (Å²) in [6.07, 6.45) is 1.75. The molecule has 1 aliphatic rings. The summed E-state index contributed by atoms with van der Waals surface area (Å²) in [6.45, 7) is 0. The molecule has 0 aromatic heterocycles. The van der Waals surface area contributed by atoms with Crippen LogP contribution in [0.15, 0.2) is 60.2 Å². The summed E-state index contributed by atoms with van der Waals surface area (Å²) in [5, 5.41) is 3.41. The monoisotopic (exact) mass is 381 g/mol. The van der Waals surface area contributed by atoms with Gasteiger partial charge in [-0.1, -0.05) is 12.1 Å². The van der Waals surface area contributed by atoms with Crippen molar-refractivity contribution >= 4 is 11.6 Å². The summed E-state index contributed by atoms with van der Waals surface area (Å²) in [5.74, 6) is 2.18. The fourth-order valence-electron chi connectivity index (χ4n) is 3.27. The van der Waals surface area contributed by atoms with Gasteiger partial charge >= 0.3 is 0 Å². The van der Waals surface area contributed by atoms with Gasteiger partial charge in [0.2, 0.25) is 5.79 Å². The second kappa shape index (κ2) is 8.31. The number of carbonyl (C=O) groups excluding carboxylic acids is 1. The Morgan fingerprint density at radius 3 is 1.86 bits per heavy atom. The van der Waals surface area contributed by atoms with Gasteiger partial charge in [-0.05, 0) is 47.5 Å². The maximum Gasteiger partial charge on any atom is 0.226 e. The van der Waals surface area contributed by atoms with Gasteiger partial charge in [-0.2, -0.15) is 0 Å². The second-order valence-electron chi connectivity index (χ2n) is 6.23. The third kappa shape index (κ3) is 3.53. The molecule has 0 bridgehead atoms. The minimum atomic E-state index is -1.33. The van der Waals surface area contributed by atoms with Crippen molar-refractivity contribution in [2.75, 3.05) is 28.4 Å². The molecule has 146 valence electrons. The van der Waals surface area contributed by atoms with Crippen LogP contribution >= 0.6 is 0 Å². The van der Waals surface area contributed by atoms with Gasteiger partial charge in [0.1, 0.15) is 23.0 Å². The first-order valence-electron chi connectivity index (χ1n) is 8.74. The number of hydrogen-bond acceptors (Lipinski definition) is 6. The van der Waals surface area contributed by atoms with Crippen molar-refractivity contribution in [1.29, 1.82) is 0 Å². The maximum atomic E-state index is 11.9. The molecular weight excluding hydrogens is 358 g/mol. The lowest BCUT2D eigenvalue weighted by molar-refractivity contribution is -0.145. The summed E-state index contributed by atoms with van der Waals surface area (Å²) in [5.41, 5.74) is 2.84. The van der Waals surface area contributed by atoms with Crippen LogP contribution in [0.5, 0.6) is 11.5 Å². The van der Waals surface area contributed by atoms with Gasteiger partial charge in [0.15, 0.2) is 0 Å². The lowest BCUT2D eigenvalue weighted by Crippen LogP contribution is -2.44. The number of rotatable bonds is 6. The molecule has 2 aromatic rings. The summed E-state index contributed by atoms with van der Waals surface area (Å²) in [6, 6.07) is 14.6. The Morgan fingerprint density at radius 1 is 0.857 bits per heavy atom. The summed E-state index contributed by atoms with van der Waals surface area (Å²) in [4.78, 5) is 11.9. The van der Waals surface area contributed by atoms with Crippen LogP contribution in [0.1, 0.15) is 17.2 Å². The molecule has 6 nitrogen and oxygen atoms in total. The Balaban J connectivity index is 2.10. The summed E-state index contributed by atoms with van der Waals surface area (Å²) >= 11 is 0. The van der Waals surface area contributed by atoms with Gasteiger partial charge in [0.25, 0.3) is 0 Å². The van der Waals surface area contributed by atoms with Crippen LogP contribution in [-0.2, 0) is 14.3 Å². The quantitative estimate of drug-likeness (QED) is 0.613. The Hall–Kier alpha value is -3.05. The molecule has 2 aromatic carbocycles. The fraction of sp³-hybridized carbons (Fsp3) is 0.273. The largest absolute Gasteiger partial charge is 0.497 e. The van der Waals surface area contributed by atoms with Crippen molar-refractivity contribution in [1.82, 2.24) is 5.32 Å². The van der Waals surface area contributed by atoms with Gasteiger partial charge in [0.05, 0.1) is 20.3 Å². The smallest absolute Gasteiger partial charge is 0.226 e. The van der Waals surface area contributed by atoms with E-state index in [-0.39, 0.29) is 0 Å². The molecule has 0 fully saturated rings. The van der Waals surface area contributed by atoms with E-state index in [4.69, 9.17) is 18.9 Å². The van der Waals surface area contributed by atoms with E-state index < -0.39 is 11.8 Å². The SMILES string of the molecule is COc1ccc(C2=CC(OC)(OC)C(=C=O)C(c3ccc(OC)cc3)N2)cc1. The first kappa shape index (κ1) is 19.7. The number of nitrogens with one attached hydrogen (secondary N) is 1. The van der Waals surface area contributed by atoms with Gasteiger partial charge in [-0.15, -0.1) is 0 Å². The third-order valence-electron chi connectivity index (χ3n) is 4.86. The number of methoxy groups -OCH3 is 4. The van der Waals surface area contributed by atoms with E-state index in [1.54, 1.807) is 20.3 Å². The molecule has 0 aliphatic carbocycles. The van der Waals surface area contributed by atoms with Crippen LogP contribution in [-0.4, -0.2) is 40.2 Å². The summed E-state index contributed by atoms with van der Waals surface area (Å²) in [7, 11) is 6.23. The standard InChI is InChI=1S/C22H23NO5/c1-25-17-9-5-15(6-10-17)20-13-22(27-3,28-4)19(14-24)21(23-20)16-7-11-18(26-2)12-8-16/h5-13,21,23H,1-4H3. The lowest BCUT2D eigenvalue weighted by Gasteiger charge is -2.39. The molecular formula is C22H23NO5. The van der Waals surface area contributed by atoms with E-state index in [9.17, 15) is 4.79 Å². The topological polar surface area (TPSA) is 66.0 Å². The lowest BCUT2D eigenvalue weighted by atomic mass is 9.87. The predicted molar refractivity (Wildman–Crippen MR) is 106 cm³/mol. The zero-order valence-corrected chi connectivity index (χ0v) is 16.3. The normalized spacial score (nSPS) is 17.9. The first-order chi connectivity index (χ1) is 13.6. The van der Waals surface area contributed by atoms with Crippen LogP contribution in [0, 0.1) is 0 Å². The Morgan fingerprint density at radius 2 is 1.39 bits per heavy atom. The van der Waals surface area contributed by atoms with Crippen molar-refractivity contribution in [3.8, 4) is 11.5 Å². The predicted octanol–water partition coefficient (Wildman–Crippen LogP) is 3.14. The molecule has 0 radical (unpaired) electrons. The highest BCUT2D eigenvalue weighted by molar-refractivity contribution is 5.73. The molecule has 0 amide bonds. The van der Waals surface area contributed by atoms with Crippen LogP contribution in [0.2, 0.25) is 0 Å². The number of benzene rings is 2. The van der Waals surface area contributed by atoms with Crippen LogP contribution in [0.4, 0.5) is 0 Å². The molecule has 0 saturated heterocycles. The van der Waals surface area contributed by atoms with Crippen molar-refractivity contribution in [3.05, 3.63) is 71.3 Å². The average Bonchev–Trinajstić information content (AvgIpc) is 2.78. The Kier molecular flexibility index (Phi) is 5.85. The minimum absolute atomic E-state index is 0.305. The van der Waals surface area contributed by atoms with Gasteiger partial charge in [-0.3, -0.25) is 0 Å².